The number of cyclic esters (lactones) is 1. The molecule has 5 nitrogen and oxygen atoms in total. The Kier molecular flexibility index (Phi) is 3.31. The van der Waals surface area contributed by atoms with Crippen molar-refractivity contribution in [3.05, 3.63) is 35.4 Å². The monoisotopic (exact) mass is 405 g/mol. The summed E-state index contributed by atoms with van der Waals surface area (Å²) in [7, 11) is 0. The molecule has 0 N–H and O–H groups in total. The van der Waals surface area contributed by atoms with E-state index < -0.39 is 27.7 Å². The van der Waals surface area contributed by atoms with Gasteiger partial charge in [-0.3, -0.25) is 19.3 Å². The van der Waals surface area contributed by atoms with Gasteiger partial charge in [0.2, 0.25) is 5.91 Å². The number of carbonyl (C=O) groups excluding carboxylic acids is 3. The Bertz CT molecular complexity index is 819. The third kappa shape index (κ3) is 1.76. The highest BCUT2D eigenvalue weighted by atomic mass is 79.9. The molecule has 1 saturated heterocycles. The predicted molar refractivity (Wildman–Crippen MR) is 93.8 cm³/mol. The highest BCUT2D eigenvalue weighted by Crippen LogP contribution is 2.66. The molecule has 25 heavy (non-hydrogen) atoms. The van der Waals surface area contributed by atoms with Crippen LogP contribution >= 0.6 is 15.9 Å². The van der Waals surface area contributed by atoms with E-state index in [0.29, 0.717) is 18.6 Å². The van der Waals surface area contributed by atoms with Crippen LogP contribution in [0.25, 0.3) is 0 Å². The van der Waals surface area contributed by atoms with Crippen molar-refractivity contribution in [2.45, 2.75) is 38.6 Å². The molecule has 0 radical (unpaired) electrons. The Balaban J connectivity index is 1.82. The van der Waals surface area contributed by atoms with Crippen LogP contribution < -0.4 is 0 Å². The number of alkyl halides is 1. The molecule has 2 heterocycles. The summed E-state index contributed by atoms with van der Waals surface area (Å²) in [5.74, 6) is -1.31. The van der Waals surface area contributed by atoms with Gasteiger partial charge in [-0.1, -0.05) is 54.9 Å². The van der Waals surface area contributed by atoms with Crippen molar-refractivity contribution in [1.29, 1.82) is 0 Å². The van der Waals surface area contributed by atoms with Gasteiger partial charge in [-0.05, 0) is 29.9 Å². The Morgan fingerprint density at radius 2 is 1.88 bits per heavy atom. The number of fused-ring (bicyclic) bond motifs is 3. The highest BCUT2D eigenvalue weighted by Gasteiger charge is 2.73. The summed E-state index contributed by atoms with van der Waals surface area (Å²) in [6.45, 7) is 6.28. The van der Waals surface area contributed by atoms with Crippen molar-refractivity contribution >= 4 is 33.7 Å². The van der Waals surface area contributed by atoms with Crippen LogP contribution in [-0.2, 0) is 14.3 Å². The fraction of sp³-hybridized carbons (Fsp3) is 0.526. The number of nitrogens with zero attached hydrogens (tertiary/aromatic N) is 1. The van der Waals surface area contributed by atoms with Gasteiger partial charge in [-0.2, -0.15) is 0 Å². The Morgan fingerprint density at radius 3 is 2.56 bits per heavy atom. The molecule has 1 aromatic carbocycles. The molecule has 4 rings (SSSR count). The van der Waals surface area contributed by atoms with E-state index in [1.54, 1.807) is 12.1 Å². The zero-order chi connectivity index (χ0) is 18.2. The van der Waals surface area contributed by atoms with E-state index in [1.807, 2.05) is 26.0 Å². The summed E-state index contributed by atoms with van der Waals surface area (Å²) in [5, 5.41) is 0. The van der Waals surface area contributed by atoms with E-state index in [0.717, 1.165) is 12.0 Å². The van der Waals surface area contributed by atoms with Gasteiger partial charge in [0.15, 0.2) is 5.41 Å². The molecule has 2 aliphatic heterocycles. The van der Waals surface area contributed by atoms with Crippen molar-refractivity contribution in [2.75, 3.05) is 6.61 Å². The number of ether oxygens (including phenoxy) is 1. The number of esters is 1. The summed E-state index contributed by atoms with van der Waals surface area (Å²) in [6, 6.07) is 7.13. The smallest absolute Gasteiger partial charge is 0.322 e. The Labute approximate surface area is 154 Å². The molecule has 3 atom stereocenters. The molecular weight excluding hydrogens is 386 g/mol. The standard InChI is InChI=1S/C19H20BrNO4/c1-17(2)18(3)8-9-19(17,16(24)25-10-18)15(23)21-13(20)11-6-4-5-7-12(11)14(21)22/h4-7,13H,8-10H2,1-3H3/t13?,18-,19-/m0/s1. The fourth-order valence-corrected chi connectivity index (χ4v) is 5.47. The molecule has 0 spiro atoms. The number of halogens is 1. The Hall–Kier alpha value is -1.69. The number of amides is 2. The largest absolute Gasteiger partial charge is 0.464 e. The SMILES string of the molecule is CC1(C)[C@@]2(C)CC[C@]1(C(=O)N1C(=O)c3ccccc3C1Br)C(=O)OC2. The van der Waals surface area contributed by atoms with Gasteiger partial charge in [0.1, 0.15) is 4.95 Å². The van der Waals surface area contributed by atoms with Crippen LogP contribution in [0.2, 0.25) is 0 Å². The van der Waals surface area contributed by atoms with Gasteiger partial charge < -0.3 is 4.74 Å². The maximum atomic E-state index is 13.6. The van der Waals surface area contributed by atoms with Gasteiger partial charge in [0.25, 0.3) is 5.91 Å². The van der Waals surface area contributed by atoms with Crippen LogP contribution in [0.3, 0.4) is 0 Å². The zero-order valence-electron chi connectivity index (χ0n) is 14.5. The molecular formula is C19H20BrNO4. The van der Waals surface area contributed by atoms with E-state index in [-0.39, 0.29) is 11.3 Å². The summed E-state index contributed by atoms with van der Waals surface area (Å²) in [4.78, 5) is 40.0. The molecule has 0 aromatic heterocycles. The van der Waals surface area contributed by atoms with Crippen LogP contribution in [0.4, 0.5) is 0 Å². The molecule has 6 heteroatoms. The van der Waals surface area contributed by atoms with Crippen molar-refractivity contribution in [1.82, 2.24) is 4.90 Å². The van der Waals surface area contributed by atoms with Gasteiger partial charge >= 0.3 is 5.97 Å². The third-order valence-electron chi connectivity index (χ3n) is 6.98. The molecule has 2 fully saturated rings. The molecule has 1 aromatic rings. The normalized spacial score (nSPS) is 35.5. The van der Waals surface area contributed by atoms with Crippen LogP contribution in [0.15, 0.2) is 24.3 Å². The fourth-order valence-electron chi connectivity index (χ4n) is 4.70. The molecule has 3 aliphatic rings. The highest BCUT2D eigenvalue weighted by molar-refractivity contribution is 9.09. The first kappa shape index (κ1) is 16.8. The third-order valence-corrected chi connectivity index (χ3v) is 7.88. The number of hydrogen-bond donors (Lipinski definition) is 0. The maximum absolute atomic E-state index is 13.6. The van der Waals surface area contributed by atoms with Gasteiger partial charge in [0.05, 0.1) is 6.61 Å². The molecule has 1 unspecified atom stereocenters. The minimum absolute atomic E-state index is 0.270. The topological polar surface area (TPSA) is 63.7 Å². The second-order valence-electron chi connectivity index (χ2n) is 8.07. The minimum Gasteiger partial charge on any atom is -0.464 e. The predicted octanol–water partition coefficient (Wildman–Crippen LogP) is 3.43. The summed E-state index contributed by atoms with van der Waals surface area (Å²) in [6.07, 6.45) is 1.13. The van der Waals surface area contributed by atoms with Crippen molar-refractivity contribution in [3.8, 4) is 0 Å². The van der Waals surface area contributed by atoms with Gasteiger partial charge in [-0.15, -0.1) is 0 Å². The van der Waals surface area contributed by atoms with Gasteiger partial charge in [0, 0.05) is 11.0 Å². The van der Waals surface area contributed by atoms with Gasteiger partial charge in [-0.25, -0.2) is 0 Å². The van der Waals surface area contributed by atoms with E-state index in [2.05, 4.69) is 22.9 Å². The summed E-state index contributed by atoms with van der Waals surface area (Å²) in [5.41, 5.74) is -0.928. The lowest BCUT2D eigenvalue weighted by molar-refractivity contribution is -0.192. The molecule has 132 valence electrons. The van der Waals surface area contributed by atoms with Crippen LogP contribution in [0, 0.1) is 16.2 Å². The van der Waals surface area contributed by atoms with Crippen molar-refractivity contribution < 1.29 is 19.1 Å². The van der Waals surface area contributed by atoms with E-state index in [1.165, 1.54) is 4.90 Å². The van der Waals surface area contributed by atoms with Crippen molar-refractivity contribution in [3.63, 3.8) is 0 Å². The van der Waals surface area contributed by atoms with Crippen LogP contribution in [0.5, 0.6) is 0 Å². The first-order valence-electron chi connectivity index (χ1n) is 8.46. The van der Waals surface area contributed by atoms with Crippen molar-refractivity contribution in [2.24, 2.45) is 16.2 Å². The number of carbonyl (C=O) groups is 3. The quantitative estimate of drug-likeness (QED) is 0.236. The zero-order valence-corrected chi connectivity index (χ0v) is 16.1. The average Bonchev–Trinajstić information content (AvgIpc) is 2.87. The van der Waals surface area contributed by atoms with Crippen LogP contribution in [-0.4, -0.2) is 29.3 Å². The van der Waals surface area contributed by atoms with E-state index in [4.69, 9.17) is 4.74 Å². The van der Waals surface area contributed by atoms with Crippen LogP contribution in [0.1, 0.15) is 54.5 Å². The van der Waals surface area contributed by atoms with E-state index >= 15 is 0 Å². The summed E-state index contributed by atoms with van der Waals surface area (Å²) < 4.78 is 5.42. The molecule has 1 saturated carbocycles. The average molecular weight is 406 g/mol. The maximum Gasteiger partial charge on any atom is 0.322 e. The lowest BCUT2D eigenvalue weighted by atomic mass is 9.57. The second kappa shape index (κ2) is 4.93. The Morgan fingerprint density at radius 1 is 1.20 bits per heavy atom. The lowest BCUT2D eigenvalue weighted by Gasteiger charge is -2.50. The van der Waals surface area contributed by atoms with E-state index in [9.17, 15) is 14.4 Å². The molecule has 1 aliphatic carbocycles. The molecule has 2 amide bonds. The second-order valence-corrected chi connectivity index (χ2v) is 8.94. The first-order chi connectivity index (χ1) is 11.7. The summed E-state index contributed by atoms with van der Waals surface area (Å²) >= 11 is 3.48. The number of hydrogen-bond acceptors (Lipinski definition) is 4. The first-order valence-corrected chi connectivity index (χ1v) is 9.37. The number of benzene rings is 1. The molecule has 2 bridgehead atoms. The minimum atomic E-state index is -1.32. The number of rotatable bonds is 1. The number of imide groups is 1. The lowest BCUT2D eigenvalue weighted by Crippen LogP contribution is -2.61.